The van der Waals surface area contributed by atoms with Gasteiger partial charge in [0.25, 0.3) is 11.8 Å². The van der Waals surface area contributed by atoms with Gasteiger partial charge in [-0.15, -0.1) is 0 Å². The van der Waals surface area contributed by atoms with Crippen LogP contribution in [-0.4, -0.2) is 51.7 Å². The minimum Gasteiger partial charge on any atom is -0.480 e. The second-order valence-electron chi connectivity index (χ2n) is 8.20. The fourth-order valence-corrected chi connectivity index (χ4v) is 4.58. The lowest BCUT2D eigenvalue weighted by Gasteiger charge is -2.24. The summed E-state index contributed by atoms with van der Waals surface area (Å²) in [5.74, 6) is 0.560. The van der Waals surface area contributed by atoms with E-state index in [4.69, 9.17) is 19.2 Å². The number of nitrogens with zero attached hydrogens (tertiary/aromatic N) is 4. The van der Waals surface area contributed by atoms with Gasteiger partial charge in [-0.2, -0.15) is 4.98 Å². The Morgan fingerprint density at radius 3 is 2.70 bits per heavy atom. The highest BCUT2D eigenvalue weighted by atomic mass is 16.5. The first-order valence-corrected chi connectivity index (χ1v) is 9.84. The van der Waals surface area contributed by atoms with Gasteiger partial charge in [0.15, 0.2) is 5.82 Å². The molecular formula is C21H23N5O4. The summed E-state index contributed by atoms with van der Waals surface area (Å²) in [6.45, 7) is 2.84. The first-order valence-electron chi connectivity index (χ1n) is 9.84. The van der Waals surface area contributed by atoms with Crippen LogP contribution in [0.4, 0.5) is 5.82 Å². The molecular weight excluding hydrogens is 386 g/mol. The molecule has 1 saturated heterocycles. The summed E-state index contributed by atoms with van der Waals surface area (Å²) in [7, 11) is 3.01. The molecule has 1 amide bonds. The lowest BCUT2D eigenvalue weighted by atomic mass is 9.84. The summed E-state index contributed by atoms with van der Waals surface area (Å²) < 4.78 is 18.5. The van der Waals surface area contributed by atoms with E-state index in [9.17, 15) is 4.79 Å². The zero-order valence-corrected chi connectivity index (χ0v) is 17.1. The quantitative estimate of drug-likeness (QED) is 0.691. The molecule has 3 aromatic rings. The molecule has 2 atom stereocenters. The zero-order chi connectivity index (χ0) is 20.9. The van der Waals surface area contributed by atoms with Crippen LogP contribution in [0.5, 0.6) is 11.8 Å². The molecule has 9 nitrogen and oxygen atoms in total. The van der Waals surface area contributed by atoms with E-state index in [0.29, 0.717) is 29.5 Å². The highest BCUT2D eigenvalue weighted by Gasteiger charge is 2.55. The number of hydrogen-bond acceptors (Lipinski definition) is 7. The molecule has 2 aliphatic rings. The number of pyridine rings is 1. The molecule has 0 aromatic carbocycles. The van der Waals surface area contributed by atoms with E-state index in [0.717, 1.165) is 25.0 Å². The maximum absolute atomic E-state index is 12.7. The monoisotopic (exact) mass is 409 g/mol. The van der Waals surface area contributed by atoms with Crippen LogP contribution >= 0.6 is 0 Å². The van der Waals surface area contributed by atoms with Crippen molar-refractivity contribution in [3.05, 3.63) is 42.0 Å². The number of carbonyl (C=O) groups is 1. The van der Waals surface area contributed by atoms with Crippen molar-refractivity contribution in [2.75, 3.05) is 26.1 Å². The summed E-state index contributed by atoms with van der Waals surface area (Å²) in [5.41, 5.74) is 1.78. The molecule has 2 unspecified atom stereocenters. The number of ether oxygens (including phenoxy) is 3. The number of anilines is 1. The Hall–Kier alpha value is -3.20. The van der Waals surface area contributed by atoms with Crippen molar-refractivity contribution in [2.45, 2.75) is 37.2 Å². The molecule has 1 aliphatic carbocycles. The SMILES string of the molecule is COc1ncccc1C(=O)Nc1cn2cc(C34CCC(C)(C3)OC4)nc2c(OC)n1. The predicted octanol–water partition coefficient (Wildman–Crippen LogP) is 2.60. The maximum atomic E-state index is 12.7. The zero-order valence-electron chi connectivity index (χ0n) is 17.1. The molecule has 4 heterocycles. The van der Waals surface area contributed by atoms with Crippen molar-refractivity contribution in [3.63, 3.8) is 0 Å². The summed E-state index contributed by atoms with van der Waals surface area (Å²) in [6.07, 6.45) is 8.33. The van der Waals surface area contributed by atoms with E-state index >= 15 is 0 Å². The topological polar surface area (TPSA) is 99.9 Å². The highest BCUT2D eigenvalue weighted by Crippen LogP contribution is 2.53. The van der Waals surface area contributed by atoms with Crippen molar-refractivity contribution in [1.82, 2.24) is 19.4 Å². The molecule has 2 fully saturated rings. The smallest absolute Gasteiger partial charge is 0.262 e. The molecule has 0 spiro atoms. The van der Waals surface area contributed by atoms with Crippen LogP contribution in [-0.2, 0) is 10.2 Å². The number of nitrogens with one attached hydrogen (secondary N) is 1. The lowest BCUT2D eigenvalue weighted by molar-refractivity contribution is -0.00627. The van der Waals surface area contributed by atoms with Gasteiger partial charge in [-0.1, -0.05) is 0 Å². The van der Waals surface area contributed by atoms with E-state index in [2.05, 4.69) is 22.2 Å². The summed E-state index contributed by atoms with van der Waals surface area (Å²) in [5, 5.41) is 2.79. The number of amides is 1. The molecule has 156 valence electrons. The van der Waals surface area contributed by atoms with Crippen LogP contribution in [0.3, 0.4) is 0 Å². The van der Waals surface area contributed by atoms with E-state index in [-0.39, 0.29) is 22.8 Å². The Morgan fingerprint density at radius 2 is 2.03 bits per heavy atom. The van der Waals surface area contributed by atoms with Crippen LogP contribution in [0.25, 0.3) is 5.65 Å². The van der Waals surface area contributed by atoms with Gasteiger partial charge < -0.3 is 19.5 Å². The van der Waals surface area contributed by atoms with Crippen LogP contribution < -0.4 is 14.8 Å². The average Bonchev–Trinajstić information content (AvgIpc) is 3.44. The third kappa shape index (κ3) is 2.88. The Balaban J connectivity index is 1.49. The minimum absolute atomic E-state index is 0.0555. The molecule has 5 rings (SSSR count). The van der Waals surface area contributed by atoms with E-state index in [1.807, 2.05) is 10.6 Å². The van der Waals surface area contributed by atoms with Gasteiger partial charge in [-0.3, -0.25) is 9.20 Å². The second kappa shape index (κ2) is 6.66. The van der Waals surface area contributed by atoms with Crippen molar-refractivity contribution in [2.24, 2.45) is 0 Å². The minimum atomic E-state index is -0.372. The number of fused-ring (bicyclic) bond motifs is 3. The van der Waals surface area contributed by atoms with Crippen molar-refractivity contribution in [1.29, 1.82) is 0 Å². The Morgan fingerprint density at radius 1 is 1.20 bits per heavy atom. The first kappa shape index (κ1) is 18.8. The van der Waals surface area contributed by atoms with E-state index in [1.54, 1.807) is 24.5 Å². The van der Waals surface area contributed by atoms with Gasteiger partial charge >= 0.3 is 0 Å². The molecule has 2 bridgehead atoms. The number of hydrogen-bond donors (Lipinski definition) is 1. The predicted molar refractivity (Wildman–Crippen MR) is 108 cm³/mol. The lowest BCUT2D eigenvalue weighted by Crippen LogP contribution is -2.26. The fourth-order valence-electron chi connectivity index (χ4n) is 4.58. The third-order valence-electron chi connectivity index (χ3n) is 6.14. The number of aromatic nitrogens is 4. The molecule has 3 aromatic heterocycles. The normalized spacial score (nSPS) is 24.9. The van der Waals surface area contributed by atoms with Crippen molar-refractivity contribution < 1.29 is 19.0 Å². The number of carbonyl (C=O) groups excluding carboxylic acids is 1. The molecule has 0 radical (unpaired) electrons. The average molecular weight is 409 g/mol. The van der Waals surface area contributed by atoms with Gasteiger partial charge in [-0.05, 0) is 38.3 Å². The van der Waals surface area contributed by atoms with Crippen LogP contribution in [0.1, 0.15) is 42.2 Å². The Bertz CT molecular complexity index is 1130. The largest absolute Gasteiger partial charge is 0.480 e. The summed E-state index contributed by atoms with van der Waals surface area (Å²) >= 11 is 0. The standard InChI is InChI=1S/C21H23N5O4/c1-20-6-7-21(11-20,12-30-20)14-9-26-10-15(25-19(29-3)16(26)23-14)24-17(27)13-5-4-8-22-18(13)28-2/h4-5,8-10H,6-7,11-12H2,1-3H3,(H,24,27). The van der Waals surface area contributed by atoms with Crippen molar-refractivity contribution in [3.8, 4) is 11.8 Å². The third-order valence-corrected chi connectivity index (χ3v) is 6.14. The molecule has 1 saturated carbocycles. The van der Waals surface area contributed by atoms with E-state index in [1.165, 1.54) is 14.2 Å². The maximum Gasteiger partial charge on any atom is 0.262 e. The summed E-state index contributed by atoms with van der Waals surface area (Å²) in [4.78, 5) is 26.0. The van der Waals surface area contributed by atoms with Gasteiger partial charge in [0.1, 0.15) is 5.56 Å². The van der Waals surface area contributed by atoms with Crippen LogP contribution in [0.15, 0.2) is 30.7 Å². The van der Waals surface area contributed by atoms with Gasteiger partial charge in [0.05, 0.1) is 38.3 Å². The van der Waals surface area contributed by atoms with Gasteiger partial charge in [0.2, 0.25) is 11.5 Å². The van der Waals surface area contributed by atoms with Gasteiger partial charge in [0, 0.05) is 17.8 Å². The number of imidazole rings is 1. The van der Waals surface area contributed by atoms with E-state index < -0.39 is 0 Å². The number of methoxy groups -OCH3 is 2. The Labute approximate surface area is 173 Å². The van der Waals surface area contributed by atoms with Gasteiger partial charge in [-0.25, -0.2) is 9.97 Å². The molecule has 1 aliphatic heterocycles. The first-order chi connectivity index (χ1) is 14.5. The number of rotatable bonds is 5. The fraction of sp³-hybridized carbons (Fsp3) is 0.429. The van der Waals surface area contributed by atoms with Crippen LogP contribution in [0.2, 0.25) is 0 Å². The molecule has 9 heteroatoms. The summed E-state index contributed by atoms with van der Waals surface area (Å²) in [6, 6.07) is 3.32. The molecule has 30 heavy (non-hydrogen) atoms. The van der Waals surface area contributed by atoms with Crippen LogP contribution in [0, 0.1) is 0 Å². The van der Waals surface area contributed by atoms with Crippen molar-refractivity contribution >= 4 is 17.4 Å². The highest BCUT2D eigenvalue weighted by molar-refractivity contribution is 6.05. The molecule has 1 N–H and O–H groups in total. The second-order valence-corrected chi connectivity index (χ2v) is 8.20. The Kier molecular flexibility index (Phi) is 4.18.